The second-order valence-corrected chi connectivity index (χ2v) is 3.79. The molecule has 0 aromatic rings. The van der Waals surface area contributed by atoms with Crippen LogP contribution in [0.3, 0.4) is 0 Å². The number of hydrogen-bond donors (Lipinski definition) is 0. The summed E-state index contributed by atoms with van der Waals surface area (Å²) in [5.74, 6) is 1.62. The SMILES string of the molecule is CC1CC(=O)CC2OCCC12. The molecule has 62 valence electrons. The summed E-state index contributed by atoms with van der Waals surface area (Å²) < 4.78 is 5.48. The van der Waals surface area contributed by atoms with Crippen molar-refractivity contribution in [1.82, 2.24) is 0 Å². The summed E-state index contributed by atoms with van der Waals surface area (Å²) >= 11 is 0. The molecule has 0 amide bonds. The first-order valence-corrected chi connectivity index (χ1v) is 4.40. The fourth-order valence-electron chi connectivity index (χ4n) is 2.34. The molecular formula is C9H14O2. The summed E-state index contributed by atoms with van der Waals surface area (Å²) in [6.07, 6.45) is 2.89. The molecule has 2 fully saturated rings. The van der Waals surface area contributed by atoms with E-state index in [1.807, 2.05) is 0 Å². The molecule has 3 unspecified atom stereocenters. The number of fused-ring (bicyclic) bond motifs is 1. The maximum Gasteiger partial charge on any atom is 0.135 e. The Kier molecular flexibility index (Phi) is 1.72. The molecule has 1 saturated carbocycles. The van der Waals surface area contributed by atoms with Gasteiger partial charge in [-0.3, -0.25) is 4.79 Å². The Morgan fingerprint density at radius 1 is 1.45 bits per heavy atom. The highest BCUT2D eigenvalue weighted by molar-refractivity contribution is 5.80. The van der Waals surface area contributed by atoms with Crippen molar-refractivity contribution in [2.24, 2.45) is 11.8 Å². The van der Waals surface area contributed by atoms with Crippen LogP contribution < -0.4 is 0 Å². The number of hydrogen-bond acceptors (Lipinski definition) is 2. The Labute approximate surface area is 66.9 Å². The molecular weight excluding hydrogens is 140 g/mol. The van der Waals surface area contributed by atoms with Gasteiger partial charge in [-0.15, -0.1) is 0 Å². The number of ether oxygens (including phenoxy) is 1. The molecule has 1 heterocycles. The summed E-state index contributed by atoms with van der Waals surface area (Å²) in [5.41, 5.74) is 0. The summed E-state index contributed by atoms with van der Waals surface area (Å²) in [6.45, 7) is 3.04. The summed E-state index contributed by atoms with van der Waals surface area (Å²) in [6, 6.07) is 0. The fraction of sp³-hybridized carbons (Fsp3) is 0.889. The normalized spacial score (nSPS) is 44.1. The predicted octanol–water partition coefficient (Wildman–Crippen LogP) is 1.39. The number of carbonyl (C=O) groups is 1. The van der Waals surface area contributed by atoms with Crippen molar-refractivity contribution in [3.8, 4) is 0 Å². The molecule has 0 aromatic carbocycles. The second-order valence-electron chi connectivity index (χ2n) is 3.79. The average Bonchev–Trinajstić information content (AvgIpc) is 2.34. The third kappa shape index (κ3) is 1.20. The van der Waals surface area contributed by atoms with Gasteiger partial charge in [-0.1, -0.05) is 6.92 Å². The maximum atomic E-state index is 11.1. The Morgan fingerprint density at radius 2 is 2.27 bits per heavy atom. The molecule has 0 spiro atoms. The highest BCUT2D eigenvalue weighted by Crippen LogP contribution is 2.36. The van der Waals surface area contributed by atoms with E-state index in [-0.39, 0.29) is 6.10 Å². The first-order chi connectivity index (χ1) is 5.27. The first-order valence-electron chi connectivity index (χ1n) is 4.40. The smallest absolute Gasteiger partial charge is 0.135 e. The van der Waals surface area contributed by atoms with E-state index < -0.39 is 0 Å². The Hall–Kier alpha value is -0.370. The minimum atomic E-state index is 0.270. The molecule has 1 aliphatic heterocycles. The van der Waals surface area contributed by atoms with E-state index in [2.05, 4.69) is 6.92 Å². The van der Waals surface area contributed by atoms with Crippen molar-refractivity contribution < 1.29 is 9.53 Å². The lowest BCUT2D eigenvalue weighted by Gasteiger charge is -2.28. The van der Waals surface area contributed by atoms with Gasteiger partial charge in [0.15, 0.2) is 0 Å². The fourth-order valence-corrected chi connectivity index (χ4v) is 2.34. The van der Waals surface area contributed by atoms with E-state index >= 15 is 0 Å². The van der Waals surface area contributed by atoms with Crippen LogP contribution in [-0.4, -0.2) is 18.5 Å². The standard InChI is InChI=1S/C9H14O2/c1-6-4-7(10)5-9-8(6)2-3-11-9/h6,8-9H,2-5H2,1H3. The van der Waals surface area contributed by atoms with Crippen molar-refractivity contribution in [2.75, 3.05) is 6.61 Å². The van der Waals surface area contributed by atoms with Crippen LogP contribution in [0.25, 0.3) is 0 Å². The third-order valence-electron chi connectivity index (χ3n) is 2.97. The van der Waals surface area contributed by atoms with E-state index in [0.717, 1.165) is 13.0 Å². The van der Waals surface area contributed by atoms with Crippen molar-refractivity contribution >= 4 is 5.78 Å². The van der Waals surface area contributed by atoms with E-state index in [9.17, 15) is 4.79 Å². The molecule has 0 radical (unpaired) electrons. The van der Waals surface area contributed by atoms with Crippen molar-refractivity contribution in [3.63, 3.8) is 0 Å². The van der Waals surface area contributed by atoms with Crippen molar-refractivity contribution in [3.05, 3.63) is 0 Å². The van der Waals surface area contributed by atoms with Crippen LogP contribution in [0.2, 0.25) is 0 Å². The monoisotopic (exact) mass is 154 g/mol. The zero-order valence-electron chi connectivity index (χ0n) is 6.88. The lowest BCUT2D eigenvalue weighted by Crippen LogP contribution is -2.32. The zero-order chi connectivity index (χ0) is 7.84. The number of carbonyl (C=O) groups excluding carboxylic acids is 1. The summed E-state index contributed by atoms with van der Waals surface area (Å²) in [7, 11) is 0. The topological polar surface area (TPSA) is 26.3 Å². The van der Waals surface area contributed by atoms with Gasteiger partial charge in [-0.25, -0.2) is 0 Å². The van der Waals surface area contributed by atoms with Crippen LogP contribution in [0.15, 0.2) is 0 Å². The maximum absolute atomic E-state index is 11.1. The number of ketones is 1. The number of Topliss-reactive ketones (excluding diaryl/α,β-unsaturated/α-hetero) is 1. The zero-order valence-corrected chi connectivity index (χ0v) is 6.88. The van der Waals surface area contributed by atoms with E-state index in [1.54, 1.807) is 0 Å². The average molecular weight is 154 g/mol. The molecule has 2 rings (SSSR count). The molecule has 0 aromatic heterocycles. The second kappa shape index (κ2) is 2.59. The minimum Gasteiger partial charge on any atom is -0.377 e. The Bertz CT molecular complexity index is 176. The van der Waals surface area contributed by atoms with Gasteiger partial charge in [0.1, 0.15) is 5.78 Å². The van der Waals surface area contributed by atoms with Gasteiger partial charge >= 0.3 is 0 Å². The van der Waals surface area contributed by atoms with Crippen LogP contribution in [0.4, 0.5) is 0 Å². The van der Waals surface area contributed by atoms with Gasteiger partial charge < -0.3 is 4.74 Å². The van der Waals surface area contributed by atoms with Crippen LogP contribution in [0.5, 0.6) is 0 Å². The molecule has 2 aliphatic rings. The van der Waals surface area contributed by atoms with Gasteiger partial charge in [-0.05, 0) is 18.3 Å². The number of rotatable bonds is 0. The molecule has 11 heavy (non-hydrogen) atoms. The van der Waals surface area contributed by atoms with Crippen LogP contribution in [0.1, 0.15) is 26.2 Å². The molecule has 0 N–H and O–H groups in total. The highest BCUT2D eigenvalue weighted by Gasteiger charge is 2.38. The van der Waals surface area contributed by atoms with Crippen molar-refractivity contribution in [1.29, 1.82) is 0 Å². The van der Waals surface area contributed by atoms with E-state index in [1.165, 1.54) is 6.42 Å². The van der Waals surface area contributed by atoms with Gasteiger partial charge in [0.25, 0.3) is 0 Å². The Morgan fingerprint density at radius 3 is 3.09 bits per heavy atom. The molecule has 2 heteroatoms. The molecule has 2 nitrogen and oxygen atoms in total. The lowest BCUT2D eigenvalue weighted by molar-refractivity contribution is -0.126. The molecule has 1 saturated heterocycles. The molecule has 0 bridgehead atoms. The Balaban J connectivity index is 2.10. The molecule has 3 atom stereocenters. The summed E-state index contributed by atoms with van der Waals surface area (Å²) in [4.78, 5) is 11.1. The third-order valence-corrected chi connectivity index (χ3v) is 2.97. The van der Waals surface area contributed by atoms with Crippen LogP contribution in [-0.2, 0) is 9.53 Å². The van der Waals surface area contributed by atoms with Crippen LogP contribution >= 0.6 is 0 Å². The van der Waals surface area contributed by atoms with Gasteiger partial charge in [0.05, 0.1) is 6.10 Å². The van der Waals surface area contributed by atoms with Gasteiger partial charge in [0.2, 0.25) is 0 Å². The largest absolute Gasteiger partial charge is 0.377 e. The first kappa shape index (κ1) is 7.29. The van der Waals surface area contributed by atoms with Crippen molar-refractivity contribution in [2.45, 2.75) is 32.3 Å². The van der Waals surface area contributed by atoms with E-state index in [4.69, 9.17) is 4.74 Å². The molecule has 1 aliphatic carbocycles. The van der Waals surface area contributed by atoms with Crippen LogP contribution in [0, 0.1) is 11.8 Å². The lowest BCUT2D eigenvalue weighted by atomic mass is 9.77. The minimum absolute atomic E-state index is 0.270. The summed E-state index contributed by atoms with van der Waals surface area (Å²) in [5, 5.41) is 0. The predicted molar refractivity (Wildman–Crippen MR) is 41.3 cm³/mol. The van der Waals surface area contributed by atoms with Gasteiger partial charge in [-0.2, -0.15) is 0 Å². The van der Waals surface area contributed by atoms with Gasteiger partial charge in [0, 0.05) is 19.4 Å². The highest BCUT2D eigenvalue weighted by atomic mass is 16.5. The quantitative estimate of drug-likeness (QED) is 0.527. The van der Waals surface area contributed by atoms with E-state index in [0.29, 0.717) is 24.0 Å².